The lowest BCUT2D eigenvalue weighted by Crippen LogP contribution is -2.05. The largest absolute Gasteiger partial charge is 0.323 e. The van der Waals surface area contributed by atoms with E-state index in [9.17, 15) is 12.9 Å². The fourth-order valence-corrected chi connectivity index (χ4v) is 2.06. The van der Waals surface area contributed by atoms with Crippen LogP contribution in [0.2, 0.25) is 0 Å². The zero-order valence-electron chi connectivity index (χ0n) is 11.9. The maximum Gasteiger partial charge on any atom is 0.297 e. The van der Waals surface area contributed by atoms with Crippen molar-refractivity contribution in [3.05, 3.63) is 0 Å². The summed E-state index contributed by atoms with van der Waals surface area (Å²) in [5.74, 6) is -0.210. The first-order valence-electron chi connectivity index (χ1n) is 6.65. The molecule has 0 unspecified atom stereocenters. The van der Waals surface area contributed by atoms with E-state index in [0.29, 0.717) is 6.42 Å². The summed E-state index contributed by atoms with van der Waals surface area (Å²) in [5, 5.41) is 2.75. The van der Waals surface area contributed by atoms with E-state index in [2.05, 4.69) is 16.6 Å². The van der Waals surface area contributed by atoms with E-state index >= 15 is 0 Å². The smallest absolute Gasteiger partial charge is 0.297 e. The van der Waals surface area contributed by atoms with Gasteiger partial charge in [-0.1, -0.05) is 56.3 Å². The van der Waals surface area contributed by atoms with Crippen molar-refractivity contribution in [1.29, 1.82) is 0 Å². The van der Waals surface area contributed by atoms with Crippen molar-refractivity contribution in [2.24, 2.45) is 0 Å². The Bertz CT molecular complexity index is 246. The van der Waals surface area contributed by atoms with E-state index in [1.807, 2.05) is 14.1 Å². The van der Waals surface area contributed by atoms with Crippen molar-refractivity contribution in [3.8, 4) is 0 Å². The summed E-state index contributed by atoms with van der Waals surface area (Å²) in [5.41, 5.74) is 0. The number of unbranched alkanes of at least 4 members (excludes halogenated alkanes) is 7. The molecule has 0 heterocycles. The Labute approximate surface area is 111 Å². The molecule has 0 aromatic carbocycles. The summed E-state index contributed by atoms with van der Waals surface area (Å²) >= 11 is 0. The minimum Gasteiger partial charge on any atom is -0.323 e. The lowest BCUT2D eigenvalue weighted by Gasteiger charge is -2.00. The van der Waals surface area contributed by atoms with Gasteiger partial charge in [-0.05, 0) is 25.0 Å². The van der Waals surface area contributed by atoms with E-state index < -0.39 is 10.1 Å². The van der Waals surface area contributed by atoms with Crippen LogP contribution in [0.1, 0.15) is 58.3 Å². The molecule has 0 fully saturated rings. The second kappa shape index (κ2) is 14.9. The monoisotopic (exact) mass is 285 g/mol. The highest BCUT2D eigenvalue weighted by Gasteiger charge is 2.10. The van der Waals surface area contributed by atoms with Gasteiger partial charge in [0.1, 0.15) is 0 Å². The minimum atomic E-state index is -3.89. The molecule has 4 nitrogen and oxygen atoms in total. The van der Waals surface area contributed by atoms with Gasteiger partial charge in [0, 0.05) is 0 Å². The Morgan fingerprint density at radius 3 is 1.72 bits per heavy atom. The van der Waals surface area contributed by atoms with Gasteiger partial charge in [0.15, 0.2) is 0 Å². The Morgan fingerprint density at radius 1 is 0.944 bits per heavy atom. The van der Waals surface area contributed by atoms with Gasteiger partial charge in [-0.15, -0.1) is 0 Å². The van der Waals surface area contributed by atoms with E-state index in [1.54, 1.807) is 0 Å². The molecule has 0 aliphatic rings. The molecular formula is C12H28FNO3S. The SMILES string of the molecule is CCCCCCCCCCS(=O)(=O)OF.CNC. The molecule has 0 radical (unpaired) electrons. The van der Waals surface area contributed by atoms with Crippen LogP contribution in [0.4, 0.5) is 4.53 Å². The molecule has 0 rings (SSSR count). The average Bonchev–Trinajstić information content (AvgIpc) is 2.33. The van der Waals surface area contributed by atoms with Gasteiger partial charge in [-0.25, -0.2) is 0 Å². The maximum atomic E-state index is 11.4. The van der Waals surface area contributed by atoms with Gasteiger partial charge in [0.05, 0.1) is 5.75 Å². The predicted octanol–water partition coefficient (Wildman–Crippen LogP) is 3.19. The molecule has 0 aromatic heterocycles. The normalized spacial score (nSPS) is 10.9. The summed E-state index contributed by atoms with van der Waals surface area (Å²) < 4.78 is 35.4. The molecule has 0 saturated carbocycles. The molecular weight excluding hydrogens is 257 g/mol. The molecule has 0 aliphatic carbocycles. The first-order valence-corrected chi connectivity index (χ1v) is 8.23. The van der Waals surface area contributed by atoms with Gasteiger partial charge in [-0.2, -0.15) is 8.42 Å². The van der Waals surface area contributed by atoms with Crippen molar-refractivity contribution >= 4 is 10.1 Å². The Morgan fingerprint density at radius 2 is 1.33 bits per heavy atom. The number of halogens is 1. The number of hydrogen-bond acceptors (Lipinski definition) is 4. The number of rotatable bonds is 10. The van der Waals surface area contributed by atoms with E-state index in [1.165, 1.54) is 25.7 Å². The fourth-order valence-electron chi connectivity index (χ4n) is 1.44. The average molecular weight is 285 g/mol. The molecule has 0 spiro atoms. The molecule has 0 amide bonds. The summed E-state index contributed by atoms with van der Waals surface area (Å²) in [4.78, 5) is 0. The Hall–Kier alpha value is -0.200. The zero-order valence-corrected chi connectivity index (χ0v) is 12.7. The second-order valence-electron chi connectivity index (χ2n) is 4.30. The summed E-state index contributed by atoms with van der Waals surface area (Å²) in [7, 11) is -0.138. The van der Waals surface area contributed by atoms with Gasteiger partial charge in [0.2, 0.25) is 0 Å². The zero-order chi connectivity index (χ0) is 14.3. The summed E-state index contributed by atoms with van der Waals surface area (Å²) in [6.45, 7) is 2.17. The van der Waals surface area contributed by atoms with Gasteiger partial charge < -0.3 is 5.32 Å². The Balaban J connectivity index is 0. The molecule has 1 N–H and O–H groups in total. The van der Waals surface area contributed by atoms with Crippen molar-refractivity contribution in [1.82, 2.24) is 5.32 Å². The molecule has 0 aromatic rings. The lowest BCUT2D eigenvalue weighted by molar-refractivity contribution is 0.00288. The summed E-state index contributed by atoms with van der Waals surface area (Å²) in [6, 6.07) is 0. The fraction of sp³-hybridized carbons (Fsp3) is 1.00. The van der Waals surface area contributed by atoms with Crippen LogP contribution in [-0.4, -0.2) is 28.3 Å². The third-order valence-corrected chi connectivity index (χ3v) is 3.32. The van der Waals surface area contributed by atoms with Crippen molar-refractivity contribution in [3.63, 3.8) is 0 Å². The molecule has 0 bridgehead atoms. The molecule has 0 aliphatic heterocycles. The minimum absolute atomic E-state index is 0.210. The van der Waals surface area contributed by atoms with E-state index in [0.717, 1.165) is 19.3 Å². The van der Waals surface area contributed by atoms with Crippen LogP contribution in [-0.2, 0) is 14.5 Å². The van der Waals surface area contributed by atoms with Gasteiger partial charge in [-0.3, -0.25) is 0 Å². The van der Waals surface area contributed by atoms with Crippen LogP contribution < -0.4 is 5.32 Å². The molecule has 18 heavy (non-hydrogen) atoms. The van der Waals surface area contributed by atoms with Crippen LogP contribution in [0, 0.1) is 0 Å². The highest BCUT2D eigenvalue weighted by Crippen LogP contribution is 2.09. The first-order chi connectivity index (χ1) is 8.54. The van der Waals surface area contributed by atoms with Crippen molar-refractivity contribution in [2.45, 2.75) is 58.3 Å². The van der Waals surface area contributed by atoms with Crippen molar-refractivity contribution in [2.75, 3.05) is 19.8 Å². The van der Waals surface area contributed by atoms with Crippen LogP contribution in [0.25, 0.3) is 0 Å². The van der Waals surface area contributed by atoms with Crippen LogP contribution in [0.3, 0.4) is 0 Å². The summed E-state index contributed by atoms with van der Waals surface area (Å²) in [6.07, 6.45) is 8.43. The predicted molar refractivity (Wildman–Crippen MR) is 73.6 cm³/mol. The van der Waals surface area contributed by atoms with E-state index in [4.69, 9.17) is 0 Å². The Kier molecular flexibility index (Phi) is 16.6. The third-order valence-electron chi connectivity index (χ3n) is 2.34. The second-order valence-corrected chi connectivity index (χ2v) is 5.95. The topological polar surface area (TPSA) is 55.4 Å². The molecule has 0 atom stereocenters. The lowest BCUT2D eigenvalue weighted by atomic mass is 10.1. The van der Waals surface area contributed by atoms with E-state index in [-0.39, 0.29) is 5.75 Å². The van der Waals surface area contributed by atoms with Gasteiger partial charge >= 0.3 is 0 Å². The molecule has 0 saturated heterocycles. The third kappa shape index (κ3) is 18.2. The highest BCUT2D eigenvalue weighted by molar-refractivity contribution is 7.86. The van der Waals surface area contributed by atoms with Crippen LogP contribution >= 0.6 is 0 Å². The highest BCUT2D eigenvalue weighted by atomic mass is 32.2. The number of nitrogens with one attached hydrogen (secondary N) is 1. The van der Waals surface area contributed by atoms with Crippen molar-refractivity contribution < 1.29 is 17.3 Å². The van der Waals surface area contributed by atoms with Crippen LogP contribution in [0.5, 0.6) is 0 Å². The standard InChI is InChI=1S/C10H21FO3S.C2H7N/c1-2-3-4-5-6-7-8-9-10-15(12,13)14-11;1-3-2/h2-10H2,1H3;3H,1-2H3. The first kappa shape index (κ1) is 20.1. The molecule has 112 valence electrons. The van der Waals surface area contributed by atoms with Gasteiger partial charge in [0.25, 0.3) is 10.1 Å². The number of hydrogen-bond donors (Lipinski definition) is 1. The quantitative estimate of drug-likeness (QED) is 0.626. The maximum absolute atomic E-state index is 11.4. The van der Waals surface area contributed by atoms with Crippen LogP contribution in [0.15, 0.2) is 0 Å². The molecule has 6 heteroatoms.